The summed E-state index contributed by atoms with van der Waals surface area (Å²) in [6.45, 7) is 5.49. The van der Waals surface area contributed by atoms with E-state index in [2.05, 4.69) is 10.3 Å². The predicted octanol–water partition coefficient (Wildman–Crippen LogP) is 1.07. The van der Waals surface area contributed by atoms with Gasteiger partial charge in [-0.05, 0) is 62.4 Å². The lowest BCUT2D eigenvalue weighted by atomic mass is 9.92. The van der Waals surface area contributed by atoms with Crippen molar-refractivity contribution in [1.29, 1.82) is 0 Å². The smallest absolute Gasteiger partial charge is 0.270 e. The van der Waals surface area contributed by atoms with Crippen LogP contribution in [0.3, 0.4) is 0 Å². The van der Waals surface area contributed by atoms with E-state index in [9.17, 15) is 9.59 Å². The largest absolute Gasteiger partial charge is 0.338 e. The molecule has 126 valence electrons. The Balaban J connectivity index is 1.62. The van der Waals surface area contributed by atoms with Gasteiger partial charge in [-0.15, -0.1) is 0 Å². The number of fused-ring (bicyclic) bond motifs is 2. The number of likely N-dealkylation sites (tertiary alicyclic amines) is 1. The molecule has 24 heavy (non-hydrogen) atoms. The van der Waals surface area contributed by atoms with Gasteiger partial charge in [0, 0.05) is 25.5 Å². The third-order valence-corrected chi connectivity index (χ3v) is 5.40. The molecule has 4 heterocycles. The summed E-state index contributed by atoms with van der Waals surface area (Å²) in [5.41, 5.74) is 1.50. The van der Waals surface area contributed by atoms with Crippen molar-refractivity contribution in [3.05, 3.63) is 46.0 Å². The van der Waals surface area contributed by atoms with Crippen LogP contribution in [-0.2, 0) is 0 Å². The van der Waals surface area contributed by atoms with Gasteiger partial charge in [-0.1, -0.05) is 0 Å². The Morgan fingerprint density at radius 3 is 2.67 bits per heavy atom. The number of amides is 1. The first kappa shape index (κ1) is 15.3. The average Bonchev–Trinajstić information content (AvgIpc) is 2.93. The van der Waals surface area contributed by atoms with Crippen LogP contribution in [0.5, 0.6) is 0 Å². The Labute approximate surface area is 140 Å². The van der Waals surface area contributed by atoms with Gasteiger partial charge in [0.1, 0.15) is 11.2 Å². The predicted molar refractivity (Wildman–Crippen MR) is 91.2 cm³/mol. The van der Waals surface area contributed by atoms with E-state index in [-0.39, 0.29) is 17.0 Å². The molecule has 0 bridgehead atoms. The van der Waals surface area contributed by atoms with Gasteiger partial charge in [0.05, 0.1) is 0 Å². The number of aromatic nitrogens is 2. The van der Waals surface area contributed by atoms with E-state index in [1.165, 1.54) is 10.6 Å². The van der Waals surface area contributed by atoms with Crippen LogP contribution in [0.4, 0.5) is 0 Å². The molecule has 1 amide bonds. The van der Waals surface area contributed by atoms with E-state index in [1.807, 2.05) is 24.0 Å². The van der Waals surface area contributed by atoms with Crippen LogP contribution >= 0.6 is 0 Å². The summed E-state index contributed by atoms with van der Waals surface area (Å²) in [5, 5.41) is 3.43. The molecular formula is C18H22N4O2. The number of aryl methyl sites for hydroxylation is 1. The number of rotatable bonds is 1. The van der Waals surface area contributed by atoms with Gasteiger partial charge < -0.3 is 10.2 Å². The molecule has 1 N–H and O–H groups in total. The van der Waals surface area contributed by atoms with E-state index in [0.29, 0.717) is 17.5 Å². The summed E-state index contributed by atoms with van der Waals surface area (Å²) < 4.78 is 1.46. The highest BCUT2D eigenvalue weighted by atomic mass is 16.2. The second-order valence-corrected chi connectivity index (χ2v) is 6.96. The topological polar surface area (TPSA) is 66.7 Å². The van der Waals surface area contributed by atoms with Crippen LogP contribution in [-0.4, -0.2) is 46.4 Å². The molecule has 0 radical (unpaired) electrons. The second kappa shape index (κ2) is 6.02. The molecule has 2 fully saturated rings. The normalized spacial score (nSPS) is 24.0. The number of carbonyl (C=O) groups excluding carboxylic acids is 1. The summed E-state index contributed by atoms with van der Waals surface area (Å²) in [7, 11) is 0. The minimum atomic E-state index is -0.281. The van der Waals surface area contributed by atoms with Crippen LogP contribution in [0, 0.1) is 18.8 Å². The van der Waals surface area contributed by atoms with Gasteiger partial charge >= 0.3 is 0 Å². The maximum absolute atomic E-state index is 12.9. The molecule has 6 heteroatoms. The fraction of sp³-hybridized carbons (Fsp3) is 0.500. The second-order valence-electron chi connectivity index (χ2n) is 6.96. The van der Waals surface area contributed by atoms with Crippen molar-refractivity contribution in [2.45, 2.75) is 19.8 Å². The zero-order chi connectivity index (χ0) is 16.7. The van der Waals surface area contributed by atoms with E-state index in [4.69, 9.17) is 0 Å². The van der Waals surface area contributed by atoms with Crippen molar-refractivity contribution >= 4 is 11.6 Å². The molecule has 4 rings (SSSR count). The molecule has 0 saturated carbocycles. The molecule has 0 unspecified atom stereocenters. The van der Waals surface area contributed by atoms with Gasteiger partial charge in [0.15, 0.2) is 0 Å². The van der Waals surface area contributed by atoms with Crippen molar-refractivity contribution in [2.24, 2.45) is 11.8 Å². The van der Waals surface area contributed by atoms with Crippen LogP contribution in [0.2, 0.25) is 0 Å². The van der Waals surface area contributed by atoms with E-state index < -0.39 is 0 Å². The van der Waals surface area contributed by atoms with Crippen molar-refractivity contribution < 1.29 is 4.79 Å². The maximum Gasteiger partial charge on any atom is 0.270 e. The fourth-order valence-corrected chi connectivity index (χ4v) is 3.91. The number of pyridine rings is 1. The average molecular weight is 326 g/mol. The van der Waals surface area contributed by atoms with E-state index >= 15 is 0 Å². The monoisotopic (exact) mass is 326 g/mol. The van der Waals surface area contributed by atoms with Crippen molar-refractivity contribution in [1.82, 2.24) is 19.6 Å². The summed E-state index contributed by atoms with van der Waals surface area (Å²) in [5.74, 6) is 1.12. The molecule has 2 saturated heterocycles. The highest BCUT2D eigenvalue weighted by Gasteiger charge is 2.32. The quantitative estimate of drug-likeness (QED) is 0.851. The molecule has 0 aliphatic carbocycles. The Morgan fingerprint density at radius 2 is 1.96 bits per heavy atom. The summed E-state index contributed by atoms with van der Waals surface area (Å²) in [4.78, 5) is 31.7. The lowest BCUT2D eigenvalue weighted by Crippen LogP contribution is -2.37. The Hall–Kier alpha value is -2.21. The number of hydrogen-bond donors (Lipinski definition) is 1. The lowest BCUT2D eigenvalue weighted by Gasteiger charge is -2.20. The minimum absolute atomic E-state index is 0.168. The van der Waals surface area contributed by atoms with Gasteiger partial charge in [-0.2, -0.15) is 0 Å². The maximum atomic E-state index is 12.9. The van der Waals surface area contributed by atoms with Crippen LogP contribution in [0.25, 0.3) is 5.65 Å². The molecule has 6 nitrogen and oxygen atoms in total. The van der Waals surface area contributed by atoms with Crippen molar-refractivity contribution in [3.8, 4) is 0 Å². The molecular weight excluding hydrogens is 304 g/mol. The van der Waals surface area contributed by atoms with E-state index in [0.717, 1.165) is 44.6 Å². The Bertz CT molecular complexity index is 831. The van der Waals surface area contributed by atoms with Crippen LogP contribution in [0.1, 0.15) is 28.8 Å². The number of carbonyl (C=O) groups is 1. The molecule has 0 spiro atoms. The fourth-order valence-electron chi connectivity index (χ4n) is 3.91. The standard InChI is InChI=1S/C18H22N4O2/c1-12-2-7-22-16(8-12)20-11-15(18(22)24)17(23)21-5-3-13-9-19-10-14(13)4-6-21/h2,7-8,11,13-14,19H,3-6,9-10H2,1H3/t13-,14+. The zero-order valence-corrected chi connectivity index (χ0v) is 13.9. The number of nitrogens with zero attached hydrogens (tertiary/aromatic N) is 3. The third-order valence-electron chi connectivity index (χ3n) is 5.40. The Morgan fingerprint density at radius 1 is 1.25 bits per heavy atom. The molecule has 0 aromatic carbocycles. The number of hydrogen-bond acceptors (Lipinski definition) is 4. The lowest BCUT2D eigenvalue weighted by molar-refractivity contribution is 0.0756. The molecule has 2 atom stereocenters. The third kappa shape index (κ3) is 2.60. The van der Waals surface area contributed by atoms with Crippen LogP contribution in [0.15, 0.2) is 29.3 Å². The summed E-state index contributed by atoms with van der Waals surface area (Å²) in [6, 6.07) is 3.69. The molecule has 2 aromatic rings. The first-order valence-corrected chi connectivity index (χ1v) is 8.61. The number of nitrogens with one attached hydrogen (secondary N) is 1. The van der Waals surface area contributed by atoms with Gasteiger partial charge in [0.25, 0.3) is 11.5 Å². The summed E-state index contributed by atoms with van der Waals surface area (Å²) >= 11 is 0. The van der Waals surface area contributed by atoms with Crippen molar-refractivity contribution in [2.75, 3.05) is 26.2 Å². The highest BCUT2D eigenvalue weighted by Crippen LogP contribution is 2.27. The van der Waals surface area contributed by atoms with Gasteiger partial charge in [-0.25, -0.2) is 4.98 Å². The molecule has 2 aromatic heterocycles. The molecule has 2 aliphatic rings. The van der Waals surface area contributed by atoms with Crippen molar-refractivity contribution in [3.63, 3.8) is 0 Å². The minimum Gasteiger partial charge on any atom is -0.338 e. The first-order chi connectivity index (χ1) is 11.6. The van der Waals surface area contributed by atoms with Gasteiger partial charge in [0.2, 0.25) is 0 Å². The highest BCUT2D eigenvalue weighted by molar-refractivity contribution is 5.93. The Kier molecular flexibility index (Phi) is 3.84. The first-order valence-electron chi connectivity index (χ1n) is 8.61. The van der Waals surface area contributed by atoms with Crippen LogP contribution < -0.4 is 10.9 Å². The van der Waals surface area contributed by atoms with Gasteiger partial charge in [-0.3, -0.25) is 14.0 Å². The zero-order valence-electron chi connectivity index (χ0n) is 13.9. The summed E-state index contributed by atoms with van der Waals surface area (Å²) in [6.07, 6.45) is 5.14. The molecule has 2 aliphatic heterocycles. The van der Waals surface area contributed by atoms with E-state index in [1.54, 1.807) is 6.20 Å². The SMILES string of the molecule is Cc1ccn2c(=O)c(C(=O)N3CC[C@@H]4CNC[C@@H]4CC3)cnc2c1.